The number of nitrogens with zero attached hydrogens (tertiary/aromatic N) is 3. The second-order valence-electron chi connectivity index (χ2n) is 7.77. The highest BCUT2D eigenvalue weighted by molar-refractivity contribution is 5.77. The van der Waals surface area contributed by atoms with Gasteiger partial charge in [0.1, 0.15) is 0 Å². The van der Waals surface area contributed by atoms with Gasteiger partial charge < -0.3 is 10.0 Å². The summed E-state index contributed by atoms with van der Waals surface area (Å²) in [6.07, 6.45) is 9.40. The van der Waals surface area contributed by atoms with Gasteiger partial charge in [-0.1, -0.05) is 24.3 Å². The van der Waals surface area contributed by atoms with Crippen LogP contribution in [0.15, 0.2) is 47.5 Å². The summed E-state index contributed by atoms with van der Waals surface area (Å²) < 4.78 is 1.49. The number of carbonyl (C=O) groups excluding carboxylic acids is 1. The average molecular weight is 367 g/mol. The highest BCUT2D eigenvalue weighted by Crippen LogP contribution is 2.26. The van der Waals surface area contributed by atoms with Crippen LogP contribution in [0.3, 0.4) is 0 Å². The molecule has 0 saturated carbocycles. The van der Waals surface area contributed by atoms with Crippen LogP contribution >= 0.6 is 0 Å². The van der Waals surface area contributed by atoms with Crippen molar-refractivity contribution in [3.05, 3.63) is 53.1 Å². The van der Waals surface area contributed by atoms with Crippen LogP contribution < -0.4 is 5.56 Å². The van der Waals surface area contributed by atoms with Crippen molar-refractivity contribution in [1.29, 1.82) is 0 Å². The van der Waals surface area contributed by atoms with Crippen molar-refractivity contribution in [1.82, 2.24) is 14.5 Å². The minimum absolute atomic E-state index is 0.138. The van der Waals surface area contributed by atoms with Gasteiger partial charge in [-0.25, -0.2) is 4.98 Å². The van der Waals surface area contributed by atoms with E-state index in [1.54, 1.807) is 12.1 Å². The number of aliphatic hydroxyl groups is 1. The lowest BCUT2D eigenvalue weighted by molar-refractivity contribution is -0.136. The second-order valence-corrected chi connectivity index (χ2v) is 7.77. The minimum atomic E-state index is -0.988. The lowest BCUT2D eigenvalue weighted by Gasteiger charge is -2.38. The van der Waals surface area contributed by atoms with E-state index in [9.17, 15) is 14.7 Å². The summed E-state index contributed by atoms with van der Waals surface area (Å²) in [7, 11) is 0. The Hall–Kier alpha value is -2.47. The van der Waals surface area contributed by atoms with Crippen LogP contribution in [0.25, 0.3) is 10.9 Å². The molecule has 1 aromatic heterocycles. The number of benzene rings is 1. The molecule has 0 bridgehead atoms. The Morgan fingerprint density at radius 3 is 2.78 bits per heavy atom. The van der Waals surface area contributed by atoms with Crippen molar-refractivity contribution in [3.63, 3.8) is 0 Å². The summed E-state index contributed by atoms with van der Waals surface area (Å²) in [5.74, 6) is 0.527. The number of piperidine rings is 1. The normalized spacial score (nSPS) is 21.7. The number of allylic oxidation sites excluding steroid dienone is 2. The molecule has 1 amide bonds. The third-order valence-corrected chi connectivity index (χ3v) is 5.79. The zero-order valence-electron chi connectivity index (χ0n) is 15.4. The summed E-state index contributed by atoms with van der Waals surface area (Å²) >= 11 is 0. The monoisotopic (exact) mass is 367 g/mol. The number of likely N-dealkylation sites (tertiary alicyclic amines) is 1. The van der Waals surface area contributed by atoms with Crippen molar-refractivity contribution < 1.29 is 9.90 Å². The lowest BCUT2D eigenvalue weighted by atomic mass is 9.90. The van der Waals surface area contributed by atoms with E-state index < -0.39 is 5.60 Å². The Balaban J connectivity index is 1.41. The van der Waals surface area contributed by atoms with E-state index >= 15 is 0 Å². The first-order valence-electron chi connectivity index (χ1n) is 9.65. The summed E-state index contributed by atoms with van der Waals surface area (Å²) in [5.41, 5.74) is -0.467. The Morgan fingerprint density at radius 1 is 1.26 bits per heavy atom. The largest absolute Gasteiger partial charge is 0.388 e. The lowest BCUT2D eigenvalue weighted by Crippen LogP contribution is -2.49. The Labute approximate surface area is 158 Å². The molecule has 1 N–H and O–H groups in total. The molecular formula is C21H25N3O3. The number of para-hydroxylation sites is 1. The third kappa shape index (κ3) is 3.81. The maximum atomic E-state index is 12.7. The number of fused-ring (bicyclic) bond motifs is 1. The Bertz CT molecular complexity index is 926. The summed E-state index contributed by atoms with van der Waals surface area (Å²) in [4.78, 5) is 31.3. The Morgan fingerprint density at radius 2 is 2.04 bits per heavy atom. The molecule has 1 aliphatic carbocycles. The topological polar surface area (TPSA) is 75.4 Å². The van der Waals surface area contributed by atoms with E-state index in [4.69, 9.17) is 0 Å². The predicted octanol–water partition coefficient (Wildman–Crippen LogP) is 2.11. The molecule has 0 radical (unpaired) electrons. The van der Waals surface area contributed by atoms with E-state index in [1.807, 2.05) is 17.0 Å². The van der Waals surface area contributed by atoms with Gasteiger partial charge in [-0.15, -0.1) is 0 Å². The standard InChI is InChI=1S/C21H25N3O3/c25-19(13-16-5-1-2-6-16)23-11-9-21(27,10-12-23)14-24-15-22-18-8-4-3-7-17(18)20(24)26/h1,3-5,7-8,15-16,27H,2,6,9-14H2/t16-/m0/s1. The summed E-state index contributed by atoms with van der Waals surface area (Å²) in [5, 5.41) is 11.5. The van der Waals surface area contributed by atoms with Gasteiger partial charge >= 0.3 is 0 Å². The second kappa shape index (κ2) is 7.27. The molecule has 0 unspecified atom stereocenters. The molecule has 6 nitrogen and oxygen atoms in total. The van der Waals surface area contributed by atoms with Crippen molar-refractivity contribution in [3.8, 4) is 0 Å². The van der Waals surface area contributed by atoms with E-state index in [2.05, 4.69) is 17.1 Å². The maximum Gasteiger partial charge on any atom is 0.261 e. The maximum absolute atomic E-state index is 12.7. The van der Waals surface area contributed by atoms with Crippen molar-refractivity contribution in [2.75, 3.05) is 13.1 Å². The first kappa shape index (κ1) is 17.9. The molecule has 142 valence electrons. The first-order valence-corrected chi connectivity index (χ1v) is 9.65. The summed E-state index contributed by atoms with van der Waals surface area (Å²) in [6, 6.07) is 7.22. The van der Waals surface area contributed by atoms with E-state index in [0.29, 0.717) is 49.2 Å². The van der Waals surface area contributed by atoms with Gasteiger partial charge in [0.15, 0.2) is 0 Å². The zero-order valence-corrected chi connectivity index (χ0v) is 15.4. The number of hydrogen-bond donors (Lipinski definition) is 1. The third-order valence-electron chi connectivity index (χ3n) is 5.79. The molecule has 1 aromatic carbocycles. The fourth-order valence-electron chi connectivity index (χ4n) is 4.08. The van der Waals surface area contributed by atoms with Gasteiger partial charge in [0.2, 0.25) is 5.91 Å². The fourth-order valence-corrected chi connectivity index (χ4v) is 4.08. The van der Waals surface area contributed by atoms with Crippen molar-refractivity contribution in [2.24, 2.45) is 5.92 Å². The fraction of sp³-hybridized carbons (Fsp3) is 0.476. The predicted molar refractivity (Wildman–Crippen MR) is 103 cm³/mol. The van der Waals surface area contributed by atoms with Gasteiger partial charge in [0.25, 0.3) is 5.56 Å². The van der Waals surface area contributed by atoms with E-state index in [-0.39, 0.29) is 18.0 Å². The van der Waals surface area contributed by atoms with Crippen LogP contribution in [0.2, 0.25) is 0 Å². The van der Waals surface area contributed by atoms with E-state index in [1.165, 1.54) is 10.9 Å². The molecule has 0 spiro atoms. The molecule has 1 atom stereocenters. The molecule has 6 heteroatoms. The zero-order chi connectivity index (χ0) is 18.9. The number of aromatic nitrogens is 2. The number of carbonyl (C=O) groups is 1. The molecule has 2 heterocycles. The molecule has 1 aliphatic heterocycles. The molecule has 1 fully saturated rings. The van der Waals surface area contributed by atoms with Crippen LogP contribution in [-0.2, 0) is 11.3 Å². The quantitative estimate of drug-likeness (QED) is 0.840. The molecule has 4 rings (SSSR count). The molecule has 27 heavy (non-hydrogen) atoms. The minimum Gasteiger partial charge on any atom is -0.388 e. The smallest absolute Gasteiger partial charge is 0.261 e. The average Bonchev–Trinajstić information content (AvgIpc) is 3.18. The van der Waals surface area contributed by atoms with Crippen LogP contribution in [0.4, 0.5) is 0 Å². The van der Waals surface area contributed by atoms with Gasteiger partial charge in [-0.05, 0) is 43.7 Å². The van der Waals surface area contributed by atoms with Gasteiger partial charge in [-0.3, -0.25) is 14.2 Å². The number of amides is 1. The van der Waals surface area contributed by atoms with Crippen LogP contribution in [-0.4, -0.2) is 44.2 Å². The molecular weight excluding hydrogens is 342 g/mol. The van der Waals surface area contributed by atoms with Gasteiger partial charge in [-0.2, -0.15) is 0 Å². The molecule has 2 aromatic rings. The molecule has 1 saturated heterocycles. The van der Waals surface area contributed by atoms with Crippen molar-refractivity contribution >= 4 is 16.8 Å². The van der Waals surface area contributed by atoms with Crippen LogP contribution in [0, 0.1) is 5.92 Å². The number of hydrogen-bond acceptors (Lipinski definition) is 4. The first-order chi connectivity index (χ1) is 13.0. The van der Waals surface area contributed by atoms with Crippen LogP contribution in [0.1, 0.15) is 32.1 Å². The summed E-state index contributed by atoms with van der Waals surface area (Å²) in [6.45, 7) is 1.26. The van der Waals surface area contributed by atoms with Crippen molar-refractivity contribution in [2.45, 2.75) is 44.2 Å². The SMILES string of the molecule is O=C(C[C@H]1C=CCC1)N1CCC(O)(Cn2cnc3ccccc3c2=O)CC1. The van der Waals surface area contributed by atoms with E-state index in [0.717, 1.165) is 12.8 Å². The molecule has 2 aliphatic rings. The number of rotatable bonds is 4. The van der Waals surface area contributed by atoms with Gasteiger partial charge in [0, 0.05) is 19.5 Å². The highest BCUT2D eigenvalue weighted by Gasteiger charge is 2.35. The highest BCUT2D eigenvalue weighted by atomic mass is 16.3. The Kier molecular flexibility index (Phi) is 4.83. The van der Waals surface area contributed by atoms with Crippen LogP contribution in [0.5, 0.6) is 0 Å². The van der Waals surface area contributed by atoms with Gasteiger partial charge in [0.05, 0.1) is 29.4 Å².